The SMILES string of the molecule is COc1c(OC)c2c(C)ccc(O)c2oc1=O. The average Bonchev–Trinajstić information content (AvgIpc) is 2.32. The highest BCUT2D eigenvalue weighted by Crippen LogP contribution is 2.37. The molecule has 90 valence electrons. The third-order valence-corrected chi connectivity index (χ3v) is 2.57. The molecule has 0 aliphatic carbocycles. The Hall–Kier alpha value is -2.17. The number of fused-ring (bicyclic) bond motifs is 1. The van der Waals surface area contributed by atoms with E-state index in [0.29, 0.717) is 5.39 Å². The van der Waals surface area contributed by atoms with Crippen molar-refractivity contribution < 1.29 is 19.0 Å². The number of rotatable bonds is 2. The predicted molar refractivity (Wildman–Crippen MR) is 62.0 cm³/mol. The minimum Gasteiger partial charge on any atom is -0.504 e. The highest BCUT2D eigenvalue weighted by molar-refractivity contribution is 5.92. The van der Waals surface area contributed by atoms with Crippen LogP contribution in [0.5, 0.6) is 17.2 Å². The summed E-state index contributed by atoms with van der Waals surface area (Å²) in [5.41, 5.74) is 0.238. The Morgan fingerprint density at radius 2 is 1.82 bits per heavy atom. The molecule has 0 saturated heterocycles. The standard InChI is InChI=1S/C12H12O5/c1-6-4-5-7(13)9-8(6)10(15-2)11(16-3)12(14)17-9/h4-5,13H,1-3H3. The fourth-order valence-corrected chi connectivity index (χ4v) is 1.77. The van der Waals surface area contributed by atoms with Gasteiger partial charge in [-0.05, 0) is 18.6 Å². The number of phenols is 1. The lowest BCUT2D eigenvalue weighted by atomic mass is 10.1. The van der Waals surface area contributed by atoms with Crippen LogP contribution in [0.3, 0.4) is 0 Å². The summed E-state index contributed by atoms with van der Waals surface area (Å²) in [4.78, 5) is 11.6. The number of ether oxygens (including phenoxy) is 2. The topological polar surface area (TPSA) is 68.9 Å². The Kier molecular flexibility index (Phi) is 2.67. The number of hydrogen-bond acceptors (Lipinski definition) is 5. The van der Waals surface area contributed by atoms with Gasteiger partial charge in [0, 0.05) is 0 Å². The van der Waals surface area contributed by atoms with Gasteiger partial charge in [0.1, 0.15) is 0 Å². The molecule has 2 aromatic rings. The van der Waals surface area contributed by atoms with E-state index in [1.807, 2.05) is 6.92 Å². The average molecular weight is 236 g/mol. The highest BCUT2D eigenvalue weighted by Gasteiger charge is 2.19. The van der Waals surface area contributed by atoms with E-state index in [9.17, 15) is 9.90 Å². The first-order chi connectivity index (χ1) is 8.10. The smallest absolute Gasteiger partial charge is 0.383 e. The molecule has 1 heterocycles. The molecule has 0 unspecified atom stereocenters. The molecule has 5 nitrogen and oxygen atoms in total. The molecule has 0 aliphatic heterocycles. The lowest BCUT2D eigenvalue weighted by Crippen LogP contribution is -2.07. The third kappa shape index (κ3) is 1.60. The monoisotopic (exact) mass is 236 g/mol. The molecule has 1 N–H and O–H groups in total. The molecule has 0 spiro atoms. The number of benzene rings is 1. The van der Waals surface area contributed by atoms with Crippen LogP contribution < -0.4 is 15.1 Å². The zero-order chi connectivity index (χ0) is 12.6. The molecule has 0 saturated carbocycles. The van der Waals surface area contributed by atoms with E-state index in [4.69, 9.17) is 13.9 Å². The van der Waals surface area contributed by atoms with Crippen LogP contribution in [-0.2, 0) is 0 Å². The zero-order valence-electron chi connectivity index (χ0n) is 9.73. The minimum absolute atomic E-state index is 0.00583. The van der Waals surface area contributed by atoms with Gasteiger partial charge in [-0.2, -0.15) is 0 Å². The van der Waals surface area contributed by atoms with E-state index >= 15 is 0 Å². The molecule has 1 aromatic heterocycles. The van der Waals surface area contributed by atoms with Crippen LogP contribution in [0.25, 0.3) is 11.0 Å². The van der Waals surface area contributed by atoms with E-state index in [0.717, 1.165) is 5.56 Å². The fraction of sp³-hybridized carbons (Fsp3) is 0.250. The Morgan fingerprint density at radius 1 is 1.18 bits per heavy atom. The van der Waals surface area contributed by atoms with Gasteiger partial charge in [-0.1, -0.05) is 6.07 Å². The minimum atomic E-state index is -0.683. The Bertz CT molecular complexity index is 627. The second-order valence-corrected chi connectivity index (χ2v) is 3.56. The molecule has 0 radical (unpaired) electrons. The number of aromatic hydroxyl groups is 1. The maximum atomic E-state index is 11.6. The van der Waals surface area contributed by atoms with E-state index in [-0.39, 0.29) is 22.8 Å². The van der Waals surface area contributed by atoms with Gasteiger partial charge in [-0.25, -0.2) is 4.79 Å². The maximum Gasteiger partial charge on any atom is 0.383 e. The first-order valence-corrected chi connectivity index (χ1v) is 4.97. The van der Waals surface area contributed by atoms with Gasteiger partial charge in [0.25, 0.3) is 0 Å². The van der Waals surface area contributed by atoms with Crippen LogP contribution in [0.2, 0.25) is 0 Å². The second kappa shape index (κ2) is 4.01. The van der Waals surface area contributed by atoms with Crippen molar-refractivity contribution in [3.05, 3.63) is 28.1 Å². The molecule has 17 heavy (non-hydrogen) atoms. The van der Waals surface area contributed by atoms with Gasteiger partial charge in [0.2, 0.25) is 5.75 Å². The molecule has 0 bridgehead atoms. The first-order valence-electron chi connectivity index (χ1n) is 4.97. The maximum absolute atomic E-state index is 11.6. The first kappa shape index (κ1) is 11.3. The van der Waals surface area contributed by atoms with Crippen molar-refractivity contribution >= 4 is 11.0 Å². The van der Waals surface area contributed by atoms with Crippen molar-refractivity contribution in [3.63, 3.8) is 0 Å². The number of methoxy groups -OCH3 is 2. The molecular formula is C12H12O5. The predicted octanol–water partition coefficient (Wildman–Crippen LogP) is 1.82. The summed E-state index contributed by atoms with van der Waals surface area (Å²) >= 11 is 0. The quantitative estimate of drug-likeness (QED) is 0.805. The van der Waals surface area contributed by atoms with E-state index in [2.05, 4.69) is 0 Å². The largest absolute Gasteiger partial charge is 0.504 e. The van der Waals surface area contributed by atoms with Gasteiger partial charge in [-0.15, -0.1) is 0 Å². The number of phenolic OH excluding ortho intramolecular Hbond substituents is 1. The number of hydrogen-bond donors (Lipinski definition) is 1. The summed E-state index contributed by atoms with van der Waals surface area (Å²) in [6.07, 6.45) is 0. The lowest BCUT2D eigenvalue weighted by Gasteiger charge is -2.11. The molecule has 2 rings (SSSR count). The van der Waals surface area contributed by atoms with E-state index < -0.39 is 5.63 Å². The van der Waals surface area contributed by atoms with Crippen LogP contribution in [0.1, 0.15) is 5.56 Å². The highest BCUT2D eigenvalue weighted by atomic mass is 16.5. The van der Waals surface area contributed by atoms with Crippen molar-refractivity contribution in [2.24, 2.45) is 0 Å². The normalized spacial score (nSPS) is 10.5. The van der Waals surface area contributed by atoms with Crippen molar-refractivity contribution in [2.75, 3.05) is 14.2 Å². The summed E-state index contributed by atoms with van der Waals surface area (Å²) in [5.74, 6) is 0.157. The molecule has 1 aromatic carbocycles. The van der Waals surface area contributed by atoms with Crippen LogP contribution in [-0.4, -0.2) is 19.3 Å². The summed E-state index contributed by atoms with van der Waals surface area (Å²) in [5, 5.41) is 10.2. The van der Waals surface area contributed by atoms with Gasteiger partial charge in [-0.3, -0.25) is 0 Å². The molecule has 0 aliphatic rings. The third-order valence-electron chi connectivity index (χ3n) is 2.57. The fourth-order valence-electron chi connectivity index (χ4n) is 1.77. The molecule has 5 heteroatoms. The zero-order valence-corrected chi connectivity index (χ0v) is 9.73. The van der Waals surface area contributed by atoms with Crippen molar-refractivity contribution in [1.82, 2.24) is 0 Å². The Balaban J connectivity index is 3.04. The summed E-state index contributed by atoms with van der Waals surface area (Å²) in [7, 11) is 2.79. The van der Waals surface area contributed by atoms with Gasteiger partial charge in [0.05, 0.1) is 19.6 Å². The molecular weight excluding hydrogens is 224 g/mol. The van der Waals surface area contributed by atoms with Gasteiger partial charge in [0.15, 0.2) is 17.1 Å². The summed E-state index contributed by atoms with van der Waals surface area (Å²) < 4.78 is 15.2. The lowest BCUT2D eigenvalue weighted by molar-refractivity contribution is 0.336. The van der Waals surface area contributed by atoms with E-state index in [1.165, 1.54) is 20.3 Å². The Morgan fingerprint density at radius 3 is 2.41 bits per heavy atom. The molecule has 0 amide bonds. The van der Waals surface area contributed by atoms with Crippen molar-refractivity contribution in [1.29, 1.82) is 0 Å². The van der Waals surface area contributed by atoms with Crippen molar-refractivity contribution in [2.45, 2.75) is 6.92 Å². The van der Waals surface area contributed by atoms with Crippen LogP contribution >= 0.6 is 0 Å². The Labute approximate surface area is 97.2 Å². The molecule has 0 atom stereocenters. The second-order valence-electron chi connectivity index (χ2n) is 3.56. The van der Waals surface area contributed by atoms with Gasteiger partial charge < -0.3 is 19.0 Å². The molecule has 0 fully saturated rings. The van der Waals surface area contributed by atoms with Crippen LogP contribution in [0, 0.1) is 6.92 Å². The van der Waals surface area contributed by atoms with Crippen LogP contribution in [0.15, 0.2) is 21.3 Å². The number of aryl methyl sites for hydroxylation is 1. The summed E-state index contributed by atoms with van der Waals surface area (Å²) in [6, 6.07) is 3.17. The van der Waals surface area contributed by atoms with E-state index in [1.54, 1.807) is 6.07 Å². The van der Waals surface area contributed by atoms with Crippen LogP contribution in [0.4, 0.5) is 0 Å². The van der Waals surface area contributed by atoms with Gasteiger partial charge >= 0.3 is 5.63 Å². The van der Waals surface area contributed by atoms with Crippen molar-refractivity contribution in [3.8, 4) is 17.2 Å². The summed E-state index contributed by atoms with van der Waals surface area (Å²) in [6.45, 7) is 1.82.